The van der Waals surface area contributed by atoms with E-state index in [0.29, 0.717) is 45.3 Å². The fraction of sp³-hybridized carbons (Fsp3) is 1.00. The van der Waals surface area contributed by atoms with E-state index in [-0.39, 0.29) is 0 Å². The molecule has 21 heavy (non-hydrogen) atoms. The van der Waals surface area contributed by atoms with Crippen molar-refractivity contribution < 1.29 is 13.2 Å². The lowest BCUT2D eigenvalue weighted by atomic mass is 9.98. The summed E-state index contributed by atoms with van der Waals surface area (Å²) in [4.78, 5) is 0. The summed E-state index contributed by atoms with van der Waals surface area (Å²) in [5.74, 6) is 0.607. The Labute approximate surface area is 129 Å². The van der Waals surface area contributed by atoms with Crippen molar-refractivity contribution in [2.24, 2.45) is 5.92 Å². The van der Waals surface area contributed by atoms with Crippen LogP contribution in [-0.2, 0) is 14.9 Å². The normalized spacial score (nSPS) is 24.0. The molecule has 0 spiro atoms. The van der Waals surface area contributed by atoms with Crippen LogP contribution in [0, 0.1) is 5.92 Å². The summed E-state index contributed by atoms with van der Waals surface area (Å²) in [5, 5.41) is 3.44. The molecule has 0 bridgehead atoms. The van der Waals surface area contributed by atoms with E-state index in [4.69, 9.17) is 4.74 Å². The third-order valence-corrected chi connectivity index (χ3v) is 6.30. The highest BCUT2D eigenvalue weighted by Crippen LogP contribution is 2.21. The molecular weight excluding hydrogens is 290 g/mol. The van der Waals surface area contributed by atoms with Gasteiger partial charge in [-0.2, -0.15) is 17.0 Å². The standard InChI is InChI=1S/C14H29N3O3S/c1-2-6-15-13-14-4-8-17(9-5-14)21(18,19)16-7-3-11-20-12-10-16/h14-15H,2-13H2,1H3. The Hall–Kier alpha value is -0.210. The lowest BCUT2D eigenvalue weighted by Crippen LogP contribution is -2.48. The smallest absolute Gasteiger partial charge is 0.282 e. The predicted octanol–water partition coefficient (Wildman–Crippen LogP) is 0.665. The second kappa shape index (κ2) is 8.43. The molecule has 6 nitrogen and oxygen atoms in total. The van der Waals surface area contributed by atoms with E-state index < -0.39 is 10.2 Å². The molecule has 7 heteroatoms. The third-order valence-electron chi connectivity index (χ3n) is 4.27. The van der Waals surface area contributed by atoms with Gasteiger partial charge in [-0.3, -0.25) is 0 Å². The van der Waals surface area contributed by atoms with E-state index >= 15 is 0 Å². The highest BCUT2D eigenvalue weighted by molar-refractivity contribution is 7.86. The molecule has 0 saturated carbocycles. The minimum Gasteiger partial charge on any atom is -0.380 e. The fourth-order valence-electron chi connectivity index (χ4n) is 2.94. The maximum absolute atomic E-state index is 12.6. The molecule has 2 fully saturated rings. The lowest BCUT2D eigenvalue weighted by Gasteiger charge is -2.34. The van der Waals surface area contributed by atoms with Crippen molar-refractivity contribution in [2.75, 3.05) is 52.5 Å². The largest absolute Gasteiger partial charge is 0.380 e. The van der Waals surface area contributed by atoms with Crippen LogP contribution in [-0.4, -0.2) is 69.5 Å². The monoisotopic (exact) mass is 319 g/mol. The van der Waals surface area contributed by atoms with E-state index in [1.807, 2.05) is 0 Å². The van der Waals surface area contributed by atoms with Crippen LogP contribution in [0.1, 0.15) is 32.6 Å². The van der Waals surface area contributed by atoms with E-state index in [0.717, 1.165) is 38.8 Å². The Bertz CT molecular complexity index is 386. The zero-order valence-electron chi connectivity index (χ0n) is 13.1. The average molecular weight is 319 g/mol. The second-order valence-corrected chi connectivity index (χ2v) is 7.85. The van der Waals surface area contributed by atoms with E-state index in [9.17, 15) is 8.42 Å². The number of hydrogen-bond acceptors (Lipinski definition) is 4. The summed E-state index contributed by atoms with van der Waals surface area (Å²) in [6.45, 7) is 7.77. The number of piperidine rings is 1. The van der Waals surface area contributed by atoms with Crippen molar-refractivity contribution in [2.45, 2.75) is 32.6 Å². The van der Waals surface area contributed by atoms with Crippen LogP contribution in [0.4, 0.5) is 0 Å². The number of hydrogen-bond donors (Lipinski definition) is 1. The van der Waals surface area contributed by atoms with Gasteiger partial charge in [-0.15, -0.1) is 0 Å². The van der Waals surface area contributed by atoms with Crippen LogP contribution in [0.2, 0.25) is 0 Å². The third kappa shape index (κ3) is 4.89. The first-order chi connectivity index (χ1) is 10.1. The maximum atomic E-state index is 12.6. The first kappa shape index (κ1) is 17.1. The molecule has 0 aromatic rings. The summed E-state index contributed by atoms with van der Waals surface area (Å²) in [6, 6.07) is 0. The van der Waals surface area contributed by atoms with Gasteiger partial charge in [0.2, 0.25) is 0 Å². The molecule has 0 atom stereocenters. The van der Waals surface area contributed by atoms with Crippen molar-refractivity contribution in [3.8, 4) is 0 Å². The highest BCUT2D eigenvalue weighted by Gasteiger charge is 2.32. The molecule has 2 rings (SSSR count). The Kier molecular flexibility index (Phi) is 6.88. The number of nitrogens with one attached hydrogen (secondary N) is 1. The minimum atomic E-state index is -3.29. The lowest BCUT2D eigenvalue weighted by molar-refractivity contribution is 0.147. The van der Waals surface area contributed by atoms with Gasteiger partial charge in [0.05, 0.1) is 6.61 Å². The molecule has 0 aliphatic carbocycles. The molecule has 1 N–H and O–H groups in total. The van der Waals surface area contributed by atoms with E-state index in [1.165, 1.54) is 0 Å². The Morgan fingerprint density at radius 2 is 1.81 bits per heavy atom. The molecular formula is C14H29N3O3S. The molecule has 0 aromatic carbocycles. The van der Waals surface area contributed by atoms with Crippen molar-refractivity contribution in [3.63, 3.8) is 0 Å². The average Bonchev–Trinajstić information content (AvgIpc) is 2.78. The molecule has 0 radical (unpaired) electrons. The summed E-state index contributed by atoms with van der Waals surface area (Å²) in [7, 11) is -3.29. The van der Waals surface area contributed by atoms with Gasteiger partial charge in [0.15, 0.2) is 0 Å². The zero-order valence-corrected chi connectivity index (χ0v) is 13.9. The van der Waals surface area contributed by atoms with Gasteiger partial charge in [0.1, 0.15) is 0 Å². The molecule has 0 aromatic heterocycles. The first-order valence-corrected chi connectivity index (χ1v) is 9.58. The Morgan fingerprint density at radius 1 is 1.10 bits per heavy atom. The quantitative estimate of drug-likeness (QED) is 0.731. The van der Waals surface area contributed by atoms with Gasteiger partial charge in [-0.25, -0.2) is 0 Å². The van der Waals surface area contributed by atoms with Crippen molar-refractivity contribution >= 4 is 10.2 Å². The topological polar surface area (TPSA) is 61.9 Å². The van der Waals surface area contributed by atoms with Crippen LogP contribution >= 0.6 is 0 Å². The molecule has 2 saturated heterocycles. The summed E-state index contributed by atoms with van der Waals surface area (Å²) < 4.78 is 33.9. The maximum Gasteiger partial charge on any atom is 0.282 e. The van der Waals surface area contributed by atoms with Gasteiger partial charge in [-0.1, -0.05) is 6.92 Å². The summed E-state index contributed by atoms with van der Waals surface area (Å²) in [5.41, 5.74) is 0. The molecule has 124 valence electrons. The number of nitrogens with zero attached hydrogens (tertiary/aromatic N) is 2. The second-order valence-electron chi connectivity index (χ2n) is 5.92. The van der Waals surface area contributed by atoms with Crippen molar-refractivity contribution in [1.29, 1.82) is 0 Å². The summed E-state index contributed by atoms with van der Waals surface area (Å²) >= 11 is 0. The van der Waals surface area contributed by atoms with Crippen LogP contribution in [0.3, 0.4) is 0 Å². The highest BCUT2D eigenvalue weighted by atomic mass is 32.2. The van der Waals surface area contributed by atoms with Crippen LogP contribution in [0.15, 0.2) is 0 Å². The van der Waals surface area contributed by atoms with Crippen LogP contribution < -0.4 is 5.32 Å². The van der Waals surface area contributed by atoms with Crippen LogP contribution in [0.5, 0.6) is 0 Å². The van der Waals surface area contributed by atoms with E-state index in [1.54, 1.807) is 8.61 Å². The van der Waals surface area contributed by atoms with Gasteiger partial charge >= 0.3 is 0 Å². The fourth-order valence-corrected chi connectivity index (χ4v) is 4.61. The molecule has 2 aliphatic rings. The number of ether oxygens (including phenoxy) is 1. The van der Waals surface area contributed by atoms with Gasteiger partial charge in [0.25, 0.3) is 10.2 Å². The van der Waals surface area contributed by atoms with Gasteiger partial charge < -0.3 is 10.1 Å². The SMILES string of the molecule is CCCNCC1CCN(S(=O)(=O)N2CCCOCC2)CC1. The van der Waals surface area contributed by atoms with Gasteiger partial charge in [0, 0.05) is 32.8 Å². The Morgan fingerprint density at radius 3 is 2.52 bits per heavy atom. The molecule has 0 amide bonds. The Balaban J connectivity index is 1.82. The summed E-state index contributed by atoms with van der Waals surface area (Å²) in [6.07, 6.45) is 3.85. The molecule has 2 heterocycles. The van der Waals surface area contributed by atoms with Gasteiger partial charge in [-0.05, 0) is 44.7 Å². The number of rotatable bonds is 6. The first-order valence-electron chi connectivity index (χ1n) is 8.18. The minimum absolute atomic E-state index is 0.486. The molecule has 0 unspecified atom stereocenters. The van der Waals surface area contributed by atoms with E-state index in [2.05, 4.69) is 12.2 Å². The predicted molar refractivity (Wildman–Crippen MR) is 83.4 cm³/mol. The van der Waals surface area contributed by atoms with Crippen LogP contribution in [0.25, 0.3) is 0 Å². The van der Waals surface area contributed by atoms with Crippen molar-refractivity contribution in [3.05, 3.63) is 0 Å². The van der Waals surface area contributed by atoms with Crippen molar-refractivity contribution in [1.82, 2.24) is 13.9 Å². The zero-order chi connectivity index (χ0) is 15.1. The molecule has 2 aliphatic heterocycles.